The van der Waals surface area contributed by atoms with Crippen molar-refractivity contribution in [2.75, 3.05) is 0 Å². The smallest absolute Gasteiger partial charge is 0.160 e. The van der Waals surface area contributed by atoms with Gasteiger partial charge in [-0.05, 0) is 69.1 Å². The van der Waals surface area contributed by atoms with Gasteiger partial charge in [-0.25, -0.2) is 9.97 Å². The number of nitrogens with zero attached hydrogens (tertiary/aromatic N) is 3. The van der Waals surface area contributed by atoms with Crippen molar-refractivity contribution < 1.29 is 0 Å². The van der Waals surface area contributed by atoms with Gasteiger partial charge >= 0.3 is 0 Å². The molecule has 0 N–H and O–H groups in total. The molecule has 3 nitrogen and oxygen atoms in total. The molecule has 0 aliphatic heterocycles. The second-order valence-corrected chi connectivity index (χ2v) is 14.1. The van der Waals surface area contributed by atoms with Crippen LogP contribution in [0.5, 0.6) is 0 Å². The lowest BCUT2D eigenvalue weighted by Gasteiger charge is -2.14. The summed E-state index contributed by atoms with van der Waals surface area (Å²) in [5.74, 6) is 0.695. The fourth-order valence-corrected chi connectivity index (χ4v) is 8.41. The Morgan fingerprint density at radius 3 is 1.58 bits per heavy atom. The molecule has 0 unspecified atom stereocenters. The van der Waals surface area contributed by atoms with E-state index in [0.29, 0.717) is 5.82 Å². The Balaban J connectivity index is 1.10. The third-order valence-corrected chi connectivity index (χ3v) is 11.0. The zero-order valence-electron chi connectivity index (χ0n) is 29.9. The van der Waals surface area contributed by atoms with Crippen molar-refractivity contribution >= 4 is 54.1 Å². The van der Waals surface area contributed by atoms with Gasteiger partial charge in [-0.3, -0.25) is 0 Å². The maximum absolute atomic E-state index is 5.18. The van der Waals surface area contributed by atoms with E-state index < -0.39 is 0 Å². The minimum Gasteiger partial charge on any atom is -0.309 e. The number of hydrogen-bond acceptors (Lipinski definition) is 2. The van der Waals surface area contributed by atoms with Gasteiger partial charge in [0.1, 0.15) is 0 Å². The summed E-state index contributed by atoms with van der Waals surface area (Å²) in [4.78, 5) is 10.3. The number of hydrogen-bond donors (Lipinski definition) is 0. The molecule has 11 rings (SSSR count). The van der Waals surface area contributed by atoms with E-state index in [9.17, 15) is 0 Å². The van der Waals surface area contributed by atoms with Gasteiger partial charge in [0.2, 0.25) is 0 Å². The van der Waals surface area contributed by atoms with Gasteiger partial charge in [0, 0.05) is 43.9 Å². The molecule has 3 heteroatoms. The Labute approximate surface area is 318 Å². The quantitative estimate of drug-likeness (QED) is 0.167. The van der Waals surface area contributed by atoms with E-state index in [2.05, 4.69) is 193 Å². The summed E-state index contributed by atoms with van der Waals surface area (Å²) in [5, 5.41) is 10.1. The van der Waals surface area contributed by atoms with Crippen molar-refractivity contribution in [3.05, 3.63) is 200 Å². The average molecular weight is 700 g/mol. The Bertz CT molecular complexity index is 3220. The predicted molar refractivity (Wildman–Crippen MR) is 231 cm³/mol. The van der Waals surface area contributed by atoms with Crippen LogP contribution < -0.4 is 0 Å². The van der Waals surface area contributed by atoms with Crippen LogP contribution in [-0.2, 0) is 0 Å². The summed E-state index contributed by atoms with van der Waals surface area (Å²) >= 11 is 0. The number of benzene rings is 9. The van der Waals surface area contributed by atoms with Gasteiger partial charge < -0.3 is 4.57 Å². The van der Waals surface area contributed by atoms with E-state index >= 15 is 0 Å². The van der Waals surface area contributed by atoms with Crippen LogP contribution in [0.1, 0.15) is 0 Å². The highest BCUT2D eigenvalue weighted by atomic mass is 15.0. The Morgan fingerprint density at radius 2 is 0.855 bits per heavy atom. The Hall–Kier alpha value is -7.36. The summed E-state index contributed by atoms with van der Waals surface area (Å²) in [6.07, 6.45) is 0. The average Bonchev–Trinajstić information content (AvgIpc) is 3.62. The first-order valence-electron chi connectivity index (χ1n) is 18.7. The van der Waals surface area contributed by atoms with E-state index in [4.69, 9.17) is 9.97 Å². The van der Waals surface area contributed by atoms with Gasteiger partial charge in [-0.2, -0.15) is 0 Å². The van der Waals surface area contributed by atoms with Crippen LogP contribution in [0.3, 0.4) is 0 Å². The summed E-state index contributed by atoms with van der Waals surface area (Å²) < 4.78 is 2.44. The summed E-state index contributed by atoms with van der Waals surface area (Å²) in [6.45, 7) is 0. The summed E-state index contributed by atoms with van der Waals surface area (Å²) in [7, 11) is 0. The van der Waals surface area contributed by atoms with Gasteiger partial charge in [-0.1, -0.05) is 164 Å². The van der Waals surface area contributed by atoms with Crippen molar-refractivity contribution in [1.82, 2.24) is 14.5 Å². The van der Waals surface area contributed by atoms with Gasteiger partial charge in [0.25, 0.3) is 0 Å². The molecule has 55 heavy (non-hydrogen) atoms. The molecule has 2 heterocycles. The van der Waals surface area contributed by atoms with Crippen LogP contribution in [0, 0.1) is 0 Å². The first-order valence-corrected chi connectivity index (χ1v) is 18.7. The van der Waals surface area contributed by atoms with Crippen molar-refractivity contribution in [3.8, 4) is 50.7 Å². The van der Waals surface area contributed by atoms with Crippen molar-refractivity contribution in [2.24, 2.45) is 0 Å². The first-order chi connectivity index (χ1) is 27.3. The first kappa shape index (κ1) is 31.2. The standard InChI is InChI=1S/C52H33N3/c1-3-13-34(14-4-1)35-23-25-38(26-24-35)47-33-46(37-16-5-2-6-17-37)53-52(54-47)39-27-30-40(31-28-39)55-48-22-12-11-21-45(48)50-49-41-18-8-7-15-36(41)29-32-43(49)42-19-9-10-20-44(42)51(50)55/h1-33H. The van der Waals surface area contributed by atoms with Crippen molar-refractivity contribution in [1.29, 1.82) is 0 Å². The lowest BCUT2D eigenvalue weighted by Crippen LogP contribution is -1.98. The minimum atomic E-state index is 0.695. The highest BCUT2D eigenvalue weighted by molar-refractivity contribution is 6.36. The second-order valence-electron chi connectivity index (χ2n) is 14.1. The Kier molecular flexibility index (Phi) is 7.17. The zero-order chi connectivity index (χ0) is 36.3. The molecular weight excluding hydrogens is 667 g/mol. The number of fused-ring (bicyclic) bond motifs is 10. The summed E-state index contributed by atoms with van der Waals surface area (Å²) in [5.41, 5.74) is 10.7. The normalized spacial score (nSPS) is 11.6. The molecule has 0 saturated carbocycles. The van der Waals surface area contributed by atoms with Crippen LogP contribution in [0.4, 0.5) is 0 Å². The number of para-hydroxylation sites is 1. The fraction of sp³-hybridized carbons (Fsp3) is 0. The van der Waals surface area contributed by atoms with Crippen LogP contribution in [-0.4, -0.2) is 14.5 Å². The molecule has 0 atom stereocenters. The molecule has 0 bridgehead atoms. The molecule has 0 aliphatic carbocycles. The molecule has 0 amide bonds. The molecule has 0 aliphatic rings. The van der Waals surface area contributed by atoms with Gasteiger partial charge in [-0.15, -0.1) is 0 Å². The van der Waals surface area contributed by atoms with Gasteiger partial charge in [0.05, 0.1) is 22.4 Å². The Morgan fingerprint density at radius 1 is 0.327 bits per heavy atom. The monoisotopic (exact) mass is 699 g/mol. The topological polar surface area (TPSA) is 30.7 Å². The minimum absolute atomic E-state index is 0.695. The highest BCUT2D eigenvalue weighted by Crippen LogP contribution is 2.44. The molecule has 2 aromatic heterocycles. The predicted octanol–water partition coefficient (Wildman–Crippen LogP) is 13.7. The molecular formula is C52H33N3. The lowest BCUT2D eigenvalue weighted by molar-refractivity contribution is 1.17. The number of aromatic nitrogens is 3. The molecule has 11 aromatic rings. The van der Waals surface area contributed by atoms with E-state index in [1.807, 2.05) is 12.1 Å². The molecule has 9 aromatic carbocycles. The van der Waals surface area contributed by atoms with Crippen molar-refractivity contribution in [3.63, 3.8) is 0 Å². The molecule has 0 radical (unpaired) electrons. The van der Waals surface area contributed by atoms with Crippen LogP contribution >= 0.6 is 0 Å². The molecule has 0 fully saturated rings. The molecule has 0 spiro atoms. The van der Waals surface area contributed by atoms with Gasteiger partial charge in [0.15, 0.2) is 5.82 Å². The SMILES string of the molecule is c1ccc(-c2ccc(-c3cc(-c4ccccc4)nc(-c4ccc(-n5c6ccccc6c6c7c8ccccc8ccc7c7ccccc7c65)cc4)n3)cc2)cc1. The largest absolute Gasteiger partial charge is 0.309 e. The van der Waals surface area contributed by atoms with Crippen LogP contribution in [0.2, 0.25) is 0 Å². The van der Waals surface area contributed by atoms with E-state index in [1.165, 1.54) is 65.3 Å². The fourth-order valence-electron chi connectivity index (χ4n) is 8.41. The molecule has 256 valence electrons. The van der Waals surface area contributed by atoms with E-state index in [-0.39, 0.29) is 0 Å². The second kappa shape index (κ2) is 12.6. The maximum atomic E-state index is 5.18. The maximum Gasteiger partial charge on any atom is 0.160 e. The third-order valence-electron chi connectivity index (χ3n) is 11.0. The van der Waals surface area contributed by atoms with Crippen LogP contribution in [0.15, 0.2) is 200 Å². The van der Waals surface area contributed by atoms with E-state index in [1.54, 1.807) is 0 Å². The third kappa shape index (κ3) is 5.13. The zero-order valence-corrected chi connectivity index (χ0v) is 29.9. The van der Waals surface area contributed by atoms with Crippen LogP contribution in [0.25, 0.3) is 105 Å². The number of rotatable bonds is 5. The van der Waals surface area contributed by atoms with Crippen molar-refractivity contribution in [2.45, 2.75) is 0 Å². The highest BCUT2D eigenvalue weighted by Gasteiger charge is 2.20. The molecule has 0 saturated heterocycles. The summed E-state index contributed by atoms with van der Waals surface area (Å²) in [6, 6.07) is 71.4. The van der Waals surface area contributed by atoms with E-state index in [0.717, 1.165) is 33.8 Å². The lowest BCUT2D eigenvalue weighted by atomic mass is 9.93.